The Morgan fingerprint density at radius 3 is 2.10 bits per heavy atom. The number of fused-ring (bicyclic) bond motifs is 3. The molecule has 0 radical (unpaired) electrons. The molecule has 0 bridgehead atoms. The Kier molecular flexibility index (Phi) is 5.47. The van der Waals surface area contributed by atoms with Crippen molar-refractivity contribution in [3.8, 4) is 28.0 Å². The third kappa shape index (κ3) is 3.58. The minimum atomic E-state index is 0.0290. The second-order valence-electron chi connectivity index (χ2n) is 8.53. The van der Waals surface area contributed by atoms with E-state index in [-0.39, 0.29) is 6.61 Å². The molecule has 29 heavy (non-hydrogen) atoms. The third-order valence-electron chi connectivity index (χ3n) is 5.89. The summed E-state index contributed by atoms with van der Waals surface area (Å²) in [6.45, 7) is 9.19. The zero-order chi connectivity index (χ0) is 20.5. The van der Waals surface area contributed by atoms with E-state index < -0.39 is 0 Å². The molecule has 3 aromatic carbocycles. The molecule has 0 aliphatic heterocycles. The summed E-state index contributed by atoms with van der Waals surface area (Å²) in [4.78, 5) is 0. The first-order valence-electron chi connectivity index (χ1n) is 10.6. The molecule has 4 rings (SSSR count). The molecule has 2 heteroatoms. The number of aliphatic hydroxyl groups excluding tert-OH is 1. The van der Waals surface area contributed by atoms with Crippen LogP contribution in [0.1, 0.15) is 61.8 Å². The Morgan fingerprint density at radius 2 is 1.45 bits per heavy atom. The first-order valence-corrected chi connectivity index (χ1v) is 10.6. The lowest BCUT2D eigenvalue weighted by Crippen LogP contribution is -2.08. The lowest BCUT2D eigenvalue weighted by atomic mass is 9.87. The maximum absolute atomic E-state index is 9.29. The van der Waals surface area contributed by atoms with Crippen LogP contribution in [-0.2, 0) is 6.42 Å². The fraction of sp³-hybridized carbons (Fsp3) is 0.333. The molecular weight excluding hydrogens is 356 g/mol. The van der Waals surface area contributed by atoms with Crippen LogP contribution in [-0.4, -0.2) is 18.3 Å². The van der Waals surface area contributed by atoms with Gasteiger partial charge in [-0.1, -0.05) is 70.2 Å². The molecule has 1 N–H and O–H groups in total. The van der Waals surface area contributed by atoms with E-state index in [0.717, 1.165) is 12.2 Å². The quantitative estimate of drug-likeness (QED) is 0.407. The highest BCUT2D eigenvalue weighted by atomic mass is 16.5. The van der Waals surface area contributed by atoms with Gasteiger partial charge in [0.25, 0.3) is 0 Å². The van der Waals surface area contributed by atoms with Gasteiger partial charge in [0.05, 0.1) is 6.61 Å². The zero-order valence-electron chi connectivity index (χ0n) is 17.8. The summed E-state index contributed by atoms with van der Waals surface area (Å²) >= 11 is 0. The average molecular weight is 387 g/mol. The van der Waals surface area contributed by atoms with Crippen LogP contribution < -0.4 is 4.74 Å². The maximum atomic E-state index is 9.29. The first-order chi connectivity index (χ1) is 14.0. The van der Waals surface area contributed by atoms with Gasteiger partial charge >= 0.3 is 0 Å². The first kappa shape index (κ1) is 19.7. The zero-order valence-corrected chi connectivity index (χ0v) is 17.8. The standard InChI is InChI=1S/C27H30O2/c1-17(2)24-15-20(16-25(18(3)4)27(24)29-13-12-28)22-10-7-11-23-21-9-6-5-8-19(21)14-26(22)23/h5-11,15-18,28H,12-14H2,1-4H3. The van der Waals surface area contributed by atoms with Crippen LogP contribution in [0.2, 0.25) is 0 Å². The van der Waals surface area contributed by atoms with Gasteiger partial charge in [0.15, 0.2) is 0 Å². The monoisotopic (exact) mass is 386 g/mol. The molecule has 0 saturated heterocycles. The van der Waals surface area contributed by atoms with Gasteiger partial charge in [0.1, 0.15) is 12.4 Å². The largest absolute Gasteiger partial charge is 0.491 e. The van der Waals surface area contributed by atoms with Crippen molar-refractivity contribution in [2.75, 3.05) is 13.2 Å². The Morgan fingerprint density at radius 1 is 0.828 bits per heavy atom. The van der Waals surface area contributed by atoms with Crippen molar-refractivity contribution in [3.63, 3.8) is 0 Å². The van der Waals surface area contributed by atoms with Crippen LogP contribution in [0.5, 0.6) is 5.75 Å². The van der Waals surface area contributed by atoms with Crippen LogP contribution in [0.4, 0.5) is 0 Å². The molecule has 150 valence electrons. The Balaban J connectivity index is 1.89. The number of benzene rings is 3. The highest BCUT2D eigenvalue weighted by Gasteiger charge is 2.23. The van der Waals surface area contributed by atoms with E-state index in [4.69, 9.17) is 4.74 Å². The van der Waals surface area contributed by atoms with E-state index in [1.807, 2.05) is 0 Å². The van der Waals surface area contributed by atoms with Crippen molar-refractivity contribution in [1.29, 1.82) is 0 Å². The van der Waals surface area contributed by atoms with E-state index in [1.54, 1.807) is 0 Å². The molecule has 0 heterocycles. The Bertz CT molecular complexity index is 1000. The third-order valence-corrected chi connectivity index (χ3v) is 5.89. The van der Waals surface area contributed by atoms with E-state index in [2.05, 4.69) is 82.3 Å². The molecule has 0 aromatic heterocycles. The normalized spacial score (nSPS) is 12.4. The highest BCUT2D eigenvalue weighted by molar-refractivity contribution is 5.85. The van der Waals surface area contributed by atoms with Crippen LogP contribution in [0.3, 0.4) is 0 Å². The smallest absolute Gasteiger partial charge is 0.126 e. The topological polar surface area (TPSA) is 29.5 Å². The Hall–Kier alpha value is -2.58. The van der Waals surface area contributed by atoms with Crippen molar-refractivity contribution in [3.05, 3.63) is 76.9 Å². The van der Waals surface area contributed by atoms with Crippen molar-refractivity contribution in [2.45, 2.75) is 46.0 Å². The lowest BCUT2D eigenvalue weighted by Gasteiger charge is -2.22. The number of ether oxygens (including phenoxy) is 1. The van der Waals surface area contributed by atoms with Gasteiger partial charge in [-0.2, -0.15) is 0 Å². The molecule has 0 saturated carbocycles. The van der Waals surface area contributed by atoms with E-state index in [9.17, 15) is 5.11 Å². The molecule has 1 aliphatic rings. The van der Waals surface area contributed by atoms with Crippen LogP contribution in [0.15, 0.2) is 54.6 Å². The Labute approximate surface area is 174 Å². The number of aliphatic hydroxyl groups is 1. The fourth-order valence-corrected chi connectivity index (χ4v) is 4.43. The minimum Gasteiger partial charge on any atom is -0.491 e. The minimum absolute atomic E-state index is 0.0290. The van der Waals surface area contributed by atoms with Crippen LogP contribution >= 0.6 is 0 Å². The molecule has 2 nitrogen and oxygen atoms in total. The average Bonchev–Trinajstić information content (AvgIpc) is 3.10. The molecule has 0 spiro atoms. The summed E-state index contributed by atoms with van der Waals surface area (Å²) in [6, 6.07) is 20.0. The predicted octanol–water partition coefficient (Wildman–Crippen LogP) is 6.54. The van der Waals surface area contributed by atoms with Gasteiger partial charge in [-0.05, 0) is 74.9 Å². The van der Waals surface area contributed by atoms with E-state index in [1.165, 1.54) is 44.5 Å². The van der Waals surface area contributed by atoms with Crippen molar-refractivity contribution in [1.82, 2.24) is 0 Å². The summed E-state index contributed by atoms with van der Waals surface area (Å²) in [6.07, 6.45) is 0.985. The van der Waals surface area contributed by atoms with Crippen LogP contribution in [0.25, 0.3) is 22.3 Å². The van der Waals surface area contributed by atoms with Gasteiger partial charge in [-0.3, -0.25) is 0 Å². The predicted molar refractivity (Wildman–Crippen MR) is 121 cm³/mol. The summed E-state index contributed by atoms with van der Waals surface area (Å²) in [5, 5.41) is 9.29. The molecule has 0 amide bonds. The maximum Gasteiger partial charge on any atom is 0.126 e. The highest BCUT2D eigenvalue weighted by Crippen LogP contribution is 2.44. The van der Waals surface area contributed by atoms with Crippen molar-refractivity contribution >= 4 is 0 Å². The summed E-state index contributed by atoms with van der Waals surface area (Å²) < 4.78 is 6.02. The molecule has 0 unspecified atom stereocenters. The van der Waals surface area contributed by atoms with Crippen molar-refractivity contribution in [2.24, 2.45) is 0 Å². The van der Waals surface area contributed by atoms with Gasteiger partial charge in [0.2, 0.25) is 0 Å². The summed E-state index contributed by atoms with van der Waals surface area (Å²) in [7, 11) is 0. The molecule has 0 atom stereocenters. The summed E-state index contributed by atoms with van der Waals surface area (Å²) in [5.41, 5.74) is 10.6. The number of hydrogen-bond acceptors (Lipinski definition) is 2. The van der Waals surface area contributed by atoms with Gasteiger partial charge < -0.3 is 9.84 Å². The molecular formula is C27H30O2. The van der Waals surface area contributed by atoms with Crippen molar-refractivity contribution < 1.29 is 9.84 Å². The van der Waals surface area contributed by atoms with Gasteiger partial charge in [-0.15, -0.1) is 0 Å². The number of rotatable bonds is 6. The van der Waals surface area contributed by atoms with E-state index >= 15 is 0 Å². The summed E-state index contributed by atoms with van der Waals surface area (Å²) in [5.74, 6) is 1.63. The van der Waals surface area contributed by atoms with Crippen LogP contribution in [0, 0.1) is 0 Å². The second-order valence-corrected chi connectivity index (χ2v) is 8.53. The second kappa shape index (κ2) is 8.04. The van der Waals surface area contributed by atoms with E-state index in [0.29, 0.717) is 18.4 Å². The van der Waals surface area contributed by atoms with Gasteiger partial charge in [0, 0.05) is 0 Å². The molecule has 1 aliphatic carbocycles. The SMILES string of the molecule is CC(C)c1cc(-c2cccc3c2Cc2ccccc2-3)cc(C(C)C)c1OCCO. The lowest BCUT2D eigenvalue weighted by molar-refractivity contribution is 0.198. The fourth-order valence-electron chi connectivity index (χ4n) is 4.43. The molecule has 3 aromatic rings. The van der Waals surface area contributed by atoms with Gasteiger partial charge in [-0.25, -0.2) is 0 Å². The number of hydrogen-bond donors (Lipinski definition) is 1. The molecule has 0 fully saturated rings.